The van der Waals surface area contributed by atoms with Crippen molar-refractivity contribution in [3.63, 3.8) is 0 Å². The van der Waals surface area contributed by atoms with Crippen LogP contribution in [0, 0.1) is 0 Å². The van der Waals surface area contributed by atoms with Crippen LogP contribution in [0.15, 0.2) is 108 Å². The Bertz CT molecular complexity index is 1100. The van der Waals surface area contributed by atoms with E-state index in [9.17, 15) is 0 Å². The highest BCUT2D eigenvalue weighted by Crippen LogP contribution is 2.40. The number of nitrogens with one attached hydrogen (secondary N) is 1. The van der Waals surface area contributed by atoms with Crippen molar-refractivity contribution < 1.29 is 4.74 Å². The van der Waals surface area contributed by atoms with E-state index < -0.39 is 0 Å². The minimum absolute atomic E-state index is 0.0654. The lowest BCUT2D eigenvalue weighted by Gasteiger charge is -2.33. The molecule has 0 spiro atoms. The third kappa shape index (κ3) is 3.93. The predicted octanol–water partition coefficient (Wildman–Crippen LogP) is 6.13. The Kier molecular flexibility index (Phi) is 6.13. The topological polar surface area (TPSA) is 46.0 Å². The van der Waals surface area contributed by atoms with Gasteiger partial charge in [-0.1, -0.05) is 57.5 Å². The standard InChI is InChI=1S/C28H31N3O/c1-7-24-21-13-11-10-12-20(21)22-14-15-23-25(8-2)30-19(6)32-18(5)28(23)26(9-3)29-17(4)16-27(22)31-24/h7,9-13,22,25,27,30H,1,3-6,8,14-16H2,2H3/b29-26-. The molecule has 0 saturated heterocycles. The summed E-state index contributed by atoms with van der Waals surface area (Å²) in [5, 5.41) is 3.42. The Morgan fingerprint density at radius 3 is 2.59 bits per heavy atom. The third-order valence-electron chi connectivity index (χ3n) is 6.51. The first kappa shape index (κ1) is 21.8. The fourth-order valence-electron chi connectivity index (χ4n) is 5.09. The van der Waals surface area contributed by atoms with Crippen molar-refractivity contribution in [2.24, 2.45) is 9.98 Å². The molecule has 1 aromatic rings. The number of allylic oxidation sites excluding steroid dienone is 3. The molecule has 1 aromatic carbocycles. The zero-order valence-electron chi connectivity index (χ0n) is 18.9. The highest BCUT2D eigenvalue weighted by atomic mass is 16.5. The second kappa shape index (κ2) is 8.99. The number of ether oxygens (including phenoxy) is 1. The molecular formula is C28H31N3O. The molecular weight excluding hydrogens is 394 g/mol. The molecule has 3 atom stereocenters. The predicted molar refractivity (Wildman–Crippen MR) is 134 cm³/mol. The van der Waals surface area contributed by atoms with Gasteiger partial charge in [-0.3, -0.25) is 9.98 Å². The number of fused-ring (bicyclic) bond motifs is 3. The van der Waals surface area contributed by atoms with Gasteiger partial charge in [0.05, 0.1) is 23.5 Å². The molecule has 3 aliphatic rings. The molecule has 0 fully saturated rings. The van der Waals surface area contributed by atoms with Gasteiger partial charge in [-0.25, -0.2) is 0 Å². The van der Waals surface area contributed by atoms with Gasteiger partial charge in [0.1, 0.15) is 5.76 Å². The monoisotopic (exact) mass is 425 g/mol. The maximum atomic E-state index is 5.89. The Morgan fingerprint density at radius 1 is 1.12 bits per heavy atom. The zero-order chi connectivity index (χ0) is 22.8. The molecule has 0 aliphatic carbocycles. The summed E-state index contributed by atoms with van der Waals surface area (Å²) >= 11 is 0. The van der Waals surface area contributed by atoms with Gasteiger partial charge in [0.15, 0.2) is 5.88 Å². The van der Waals surface area contributed by atoms with Crippen LogP contribution < -0.4 is 5.32 Å². The number of hydrogen-bond donors (Lipinski definition) is 1. The molecule has 0 aromatic heterocycles. The first-order chi connectivity index (χ1) is 15.5. The fourth-order valence-corrected chi connectivity index (χ4v) is 5.09. The van der Waals surface area contributed by atoms with Crippen molar-refractivity contribution in [1.29, 1.82) is 0 Å². The molecule has 1 N–H and O–H groups in total. The summed E-state index contributed by atoms with van der Waals surface area (Å²) in [6.45, 7) is 22.7. The Hall–Kier alpha value is -3.40. The van der Waals surface area contributed by atoms with Crippen molar-refractivity contribution in [1.82, 2.24) is 5.32 Å². The summed E-state index contributed by atoms with van der Waals surface area (Å²) in [4.78, 5) is 9.96. The van der Waals surface area contributed by atoms with Crippen LogP contribution in [0.1, 0.15) is 49.7 Å². The molecule has 4 rings (SSSR count). The van der Waals surface area contributed by atoms with E-state index in [0.717, 1.165) is 42.0 Å². The molecule has 4 heteroatoms. The van der Waals surface area contributed by atoms with E-state index in [1.165, 1.54) is 16.7 Å². The first-order valence-corrected chi connectivity index (χ1v) is 11.2. The van der Waals surface area contributed by atoms with Gasteiger partial charge in [0.25, 0.3) is 0 Å². The zero-order valence-corrected chi connectivity index (χ0v) is 18.9. The average Bonchev–Trinajstić information content (AvgIpc) is 2.90. The normalized spacial score (nSPS) is 27.3. The van der Waals surface area contributed by atoms with Gasteiger partial charge < -0.3 is 10.1 Å². The maximum absolute atomic E-state index is 5.89. The molecule has 3 heterocycles. The van der Waals surface area contributed by atoms with Crippen LogP contribution in [0.4, 0.5) is 0 Å². The molecule has 3 aliphatic heterocycles. The van der Waals surface area contributed by atoms with Gasteiger partial charge in [-0.2, -0.15) is 0 Å². The molecule has 0 radical (unpaired) electrons. The Balaban J connectivity index is 1.87. The van der Waals surface area contributed by atoms with Crippen LogP contribution in [0.3, 0.4) is 0 Å². The minimum Gasteiger partial charge on any atom is -0.442 e. The largest absolute Gasteiger partial charge is 0.442 e. The number of hydrogen-bond acceptors (Lipinski definition) is 4. The fraction of sp³-hybridized carbons (Fsp3) is 0.286. The van der Waals surface area contributed by atoms with Crippen LogP contribution in [-0.4, -0.2) is 23.5 Å². The summed E-state index contributed by atoms with van der Waals surface area (Å²) in [7, 11) is 0. The molecule has 0 bridgehead atoms. The average molecular weight is 426 g/mol. The number of aliphatic imine (C=N–C) groups is 2. The van der Waals surface area contributed by atoms with Gasteiger partial charge in [-0.05, 0) is 49.1 Å². The smallest absolute Gasteiger partial charge is 0.186 e. The lowest BCUT2D eigenvalue weighted by atomic mass is 9.77. The second-order valence-corrected chi connectivity index (χ2v) is 8.44. The van der Waals surface area contributed by atoms with E-state index in [0.29, 0.717) is 18.1 Å². The van der Waals surface area contributed by atoms with E-state index in [-0.39, 0.29) is 18.0 Å². The van der Waals surface area contributed by atoms with Crippen LogP contribution in [0.5, 0.6) is 0 Å². The third-order valence-corrected chi connectivity index (χ3v) is 6.51. The van der Waals surface area contributed by atoms with Crippen LogP contribution in [-0.2, 0) is 4.74 Å². The van der Waals surface area contributed by atoms with Crippen molar-refractivity contribution in [2.45, 2.75) is 50.6 Å². The van der Waals surface area contributed by atoms with Crippen LogP contribution in [0.25, 0.3) is 0 Å². The van der Waals surface area contributed by atoms with Crippen molar-refractivity contribution >= 4 is 11.4 Å². The summed E-state index contributed by atoms with van der Waals surface area (Å²) in [6, 6.07) is 8.68. The summed E-state index contributed by atoms with van der Waals surface area (Å²) in [6.07, 6.45) is 7.00. The lowest BCUT2D eigenvalue weighted by molar-refractivity contribution is 0.287. The molecule has 32 heavy (non-hydrogen) atoms. The molecule has 3 unspecified atom stereocenters. The van der Waals surface area contributed by atoms with Gasteiger partial charge in [-0.15, -0.1) is 0 Å². The van der Waals surface area contributed by atoms with Gasteiger partial charge >= 0.3 is 0 Å². The number of rotatable bonds is 3. The van der Waals surface area contributed by atoms with E-state index in [1.807, 2.05) is 6.08 Å². The SMILES string of the molecule is C=CC1=NC2CC(=C)/N=C(/C=C)C3=C(CCC2c2ccccc21)C(CC)NC(=C)OC3=C. The minimum atomic E-state index is 0.0654. The quantitative estimate of drug-likeness (QED) is 0.633. The van der Waals surface area contributed by atoms with E-state index in [2.05, 4.69) is 69.4 Å². The maximum Gasteiger partial charge on any atom is 0.186 e. The highest BCUT2D eigenvalue weighted by molar-refractivity contribution is 6.12. The Labute approximate surface area is 191 Å². The molecule has 4 nitrogen and oxygen atoms in total. The first-order valence-electron chi connectivity index (χ1n) is 11.2. The number of nitrogens with zero attached hydrogens (tertiary/aromatic N) is 2. The van der Waals surface area contributed by atoms with E-state index in [4.69, 9.17) is 14.7 Å². The van der Waals surface area contributed by atoms with Gasteiger partial charge in [0, 0.05) is 29.2 Å². The Morgan fingerprint density at radius 2 is 1.88 bits per heavy atom. The van der Waals surface area contributed by atoms with E-state index in [1.54, 1.807) is 6.08 Å². The van der Waals surface area contributed by atoms with Crippen LogP contribution in [0.2, 0.25) is 0 Å². The lowest BCUT2D eigenvalue weighted by Crippen LogP contribution is -2.31. The summed E-state index contributed by atoms with van der Waals surface area (Å²) in [5.41, 5.74) is 7.08. The highest BCUT2D eigenvalue weighted by Gasteiger charge is 2.34. The molecule has 0 saturated carbocycles. The summed E-state index contributed by atoms with van der Waals surface area (Å²) < 4.78 is 5.89. The van der Waals surface area contributed by atoms with Crippen LogP contribution >= 0.6 is 0 Å². The van der Waals surface area contributed by atoms with Crippen molar-refractivity contribution in [3.8, 4) is 0 Å². The van der Waals surface area contributed by atoms with E-state index >= 15 is 0 Å². The van der Waals surface area contributed by atoms with Gasteiger partial charge in [0.2, 0.25) is 0 Å². The van der Waals surface area contributed by atoms with Crippen molar-refractivity contribution in [3.05, 3.63) is 109 Å². The molecule has 0 amide bonds. The molecule has 164 valence electrons. The second-order valence-electron chi connectivity index (χ2n) is 8.44. The summed E-state index contributed by atoms with van der Waals surface area (Å²) in [5.74, 6) is 1.32. The van der Waals surface area contributed by atoms with Crippen molar-refractivity contribution in [2.75, 3.05) is 0 Å². The number of benzene rings is 1.